The van der Waals surface area contributed by atoms with Crippen molar-refractivity contribution in [2.24, 2.45) is 5.41 Å². The third-order valence-electron chi connectivity index (χ3n) is 3.50. The van der Waals surface area contributed by atoms with Gasteiger partial charge in [0.25, 0.3) is 5.91 Å². The summed E-state index contributed by atoms with van der Waals surface area (Å²) >= 11 is 5.72. The molecular formula is C12H10ClF3N2O3. The maximum atomic E-state index is 13.0. The lowest BCUT2D eigenvalue weighted by atomic mass is 9.86. The van der Waals surface area contributed by atoms with Crippen LogP contribution in [0, 0.1) is 5.41 Å². The van der Waals surface area contributed by atoms with Gasteiger partial charge in [0.2, 0.25) is 0 Å². The number of carbonyl (C=O) groups excluding carboxylic acids is 1. The van der Waals surface area contributed by atoms with E-state index in [1.165, 1.54) is 18.3 Å². The molecule has 0 aromatic carbocycles. The summed E-state index contributed by atoms with van der Waals surface area (Å²) in [4.78, 5) is 27.7. The fraction of sp³-hybridized carbons (Fsp3) is 0.417. The minimum Gasteiger partial charge on any atom is -0.481 e. The molecule has 1 unspecified atom stereocenters. The topological polar surface area (TPSA) is 70.5 Å². The van der Waals surface area contributed by atoms with Crippen molar-refractivity contribution in [2.75, 3.05) is 13.1 Å². The fourth-order valence-electron chi connectivity index (χ4n) is 2.23. The van der Waals surface area contributed by atoms with Gasteiger partial charge in [0.05, 0.1) is 5.56 Å². The lowest BCUT2D eigenvalue weighted by Crippen LogP contribution is -2.47. The van der Waals surface area contributed by atoms with Crippen LogP contribution in [0.2, 0.25) is 5.15 Å². The van der Waals surface area contributed by atoms with Gasteiger partial charge in [0.15, 0.2) is 5.41 Å². The Morgan fingerprint density at radius 1 is 1.43 bits per heavy atom. The fourth-order valence-corrected chi connectivity index (χ4v) is 2.43. The minimum absolute atomic E-state index is 0.0532. The molecule has 2 heterocycles. The lowest BCUT2D eigenvalue weighted by molar-refractivity contribution is -0.227. The molecule has 1 fully saturated rings. The Kier molecular flexibility index (Phi) is 3.83. The van der Waals surface area contributed by atoms with Crippen molar-refractivity contribution in [3.05, 3.63) is 29.0 Å². The first-order chi connectivity index (χ1) is 9.69. The van der Waals surface area contributed by atoms with Crippen molar-refractivity contribution >= 4 is 23.5 Å². The van der Waals surface area contributed by atoms with E-state index in [0.29, 0.717) is 0 Å². The summed E-state index contributed by atoms with van der Waals surface area (Å²) < 4.78 is 39.1. The number of nitrogens with zero attached hydrogens (tertiary/aromatic N) is 2. The highest BCUT2D eigenvalue weighted by molar-refractivity contribution is 6.32. The Bertz CT molecular complexity index is 593. The molecule has 9 heteroatoms. The van der Waals surface area contributed by atoms with Crippen molar-refractivity contribution < 1.29 is 27.9 Å². The van der Waals surface area contributed by atoms with Crippen LogP contribution in [0.5, 0.6) is 0 Å². The smallest absolute Gasteiger partial charge is 0.406 e. The standard InChI is InChI=1S/C12H10ClF3N2O3/c13-8-7(2-1-4-17-8)9(19)18-5-3-11(6-18,10(20)21)12(14,15)16/h1-2,4H,3,5-6H2,(H,20,21). The second-order valence-corrected chi connectivity index (χ2v) is 5.06. The molecule has 1 aliphatic rings. The first-order valence-corrected chi connectivity index (χ1v) is 6.27. The number of amides is 1. The van der Waals surface area contributed by atoms with Crippen LogP contribution in [0.3, 0.4) is 0 Å². The minimum atomic E-state index is -4.94. The summed E-state index contributed by atoms with van der Waals surface area (Å²) in [6.07, 6.45) is -4.29. The predicted molar refractivity (Wildman–Crippen MR) is 65.9 cm³/mol. The van der Waals surface area contributed by atoms with Crippen LogP contribution in [-0.2, 0) is 4.79 Å². The number of carboxylic acids is 1. The van der Waals surface area contributed by atoms with Crippen molar-refractivity contribution in [3.8, 4) is 0 Å². The summed E-state index contributed by atoms with van der Waals surface area (Å²) in [5.41, 5.74) is -2.99. The molecule has 1 amide bonds. The third kappa shape index (κ3) is 2.55. The van der Waals surface area contributed by atoms with E-state index in [9.17, 15) is 22.8 Å². The highest BCUT2D eigenvalue weighted by Crippen LogP contribution is 2.46. The van der Waals surface area contributed by atoms with Gasteiger partial charge < -0.3 is 10.0 Å². The molecule has 1 atom stereocenters. The van der Waals surface area contributed by atoms with Gasteiger partial charge in [-0.15, -0.1) is 0 Å². The Balaban J connectivity index is 2.28. The number of aliphatic carboxylic acids is 1. The molecule has 0 bridgehead atoms. The Morgan fingerprint density at radius 3 is 2.57 bits per heavy atom. The van der Waals surface area contributed by atoms with Gasteiger partial charge in [-0.3, -0.25) is 9.59 Å². The van der Waals surface area contributed by atoms with Crippen LogP contribution in [0.1, 0.15) is 16.8 Å². The lowest BCUT2D eigenvalue weighted by Gasteiger charge is -2.27. The molecule has 114 valence electrons. The molecule has 0 spiro atoms. The van der Waals surface area contributed by atoms with Gasteiger partial charge >= 0.3 is 12.1 Å². The molecule has 21 heavy (non-hydrogen) atoms. The van der Waals surface area contributed by atoms with Crippen LogP contribution in [0.25, 0.3) is 0 Å². The Hall–Kier alpha value is -1.83. The summed E-state index contributed by atoms with van der Waals surface area (Å²) in [5, 5.41) is 8.79. The van der Waals surface area contributed by atoms with E-state index in [1.54, 1.807) is 0 Å². The zero-order valence-electron chi connectivity index (χ0n) is 10.5. The number of hydrogen-bond acceptors (Lipinski definition) is 3. The van der Waals surface area contributed by atoms with Gasteiger partial charge in [-0.2, -0.15) is 13.2 Å². The van der Waals surface area contributed by atoms with Gasteiger partial charge in [-0.1, -0.05) is 11.6 Å². The van der Waals surface area contributed by atoms with Gasteiger partial charge in [-0.05, 0) is 18.6 Å². The molecule has 1 aromatic rings. The average molecular weight is 323 g/mol. The molecule has 1 N–H and O–H groups in total. The van der Waals surface area contributed by atoms with E-state index in [2.05, 4.69) is 4.98 Å². The number of rotatable bonds is 2. The highest BCUT2D eigenvalue weighted by atomic mass is 35.5. The van der Waals surface area contributed by atoms with Crippen molar-refractivity contribution in [1.82, 2.24) is 9.88 Å². The second-order valence-electron chi connectivity index (χ2n) is 4.70. The Labute approximate surface area is 122 Å². The summed E-state index contributed by atoms with van der Waals surface area (Å²) in [5.74, 6) is -2.75. The number of carboxylic acid groups (broad SMARTS) is 1. The van der Waals surface area contributed by atoms with Gasteiger partial charge in [0, 0.05) is 19.3 Å². The number of carbonyl (C=O) groups is 2. The largest absolute Gasteiger partial charge is 0.481 e. The van der Waals surface area contributed by atoms with E-state index in [0.717, 1.165) is 4.90 Å². The summed E-state index contributed by atoms with van der Waals surface area (Å²) in [7, 11) is 0. The monoisotopic (exact) mass is 322 g/mol. The van der Waals surface area contributed by atoms with Gasteiger partial charge in [0.1, 0.15) is 5.15 Å². The molecule has 1 saturated heterocycles. The molecule has 1 aromatic heterocycles. The van der Waals surface area contributed by atoms with Crippen molar-refractivity contribution in [1.29, 1.82) is 0 Å². The number of pyridine rings is 1. The summed E-state index contributed by atoms with van der Waals surface area (Å²) in [6, 6.07) is 2.75. The molecule has 1 aliphatic heterocycles. The molecule has 0 saturated carbocycles. The second kappa shape index (κ2) is 5.18. The molecule has 2 rings (SSSR count). The van der Waals surface area contributed by atoms with E-state index < -0.39 is 36.4 Å². The number of halogens is 4. The average Bonchev–Trinajstić information content (AvgIpc) is 2.84. The number of hydrogen-bond donors (Lipinski definition) is 1. The van der Waals surface area contributed by atoms with E-state index in [4.69, 9.17) is 16.7 Å². The van der Waals surface area contributed by atoms with Gasteiger partial charge in [-0.25, -0.2) is 4.98 Å². The molecule has 5 nitrogen and oxygen atoms in total. The maximum Gasteiger partial charge on any atom is 0.406 e. The van der Waals surface area contributed by atoms with E-state index >= 15 is 0 Å². The van der Waals surface area contributed by atoms with E-state index in [1.807, 2.05) is 0 Å². The van der Waals surface area contributed by atoms with Crippen LogP contribution < -0.4 is 0 Å². The zero-order valence-corrected chi connectivity index (χ0v) is 11.3. The summed E-state index contributed by atoms with van der Waals surface area (Å²) in [6.45, 7) is -1.24. The van der Waals surface area contributed by atoms with Crippen LogP contribution in [-0.4, -0.2) is 46.1 Å². The third-order valence-corrected chi connectivity index (χ3v) is 3.80. The normalized spacial score (nSPS) is 22.4. The highest BCUT2D eigenvalue weighted by Gasteiger charge is 2.64. The van der Waals surface area contributed by atoms with E-state index in [-0.39, 0.29) is 17.3 Å². The quantitative estimate of drug-likeness (QED) is 0.848. The molecule has 0 aliphatic carbocycles. The SMILES string of the molecule is O=C(c1cccnc1Cl)N1CCC(C(=O)O)(C(F)(F)F)C1. The van der Waals surface area contributed by atoms with Crippen LogP contribution >= 0.6 is 11.6 Å². The van der Waals surface area contributed by atoms with Crippen LogP contribution in [0.4, 0.5) is 13.2 Å². The zero-order chi connectivity index (χ0) is 15.8. The predicted octanol–water partition coefficient (Wildman–Crippen LogP) is 2.21. The molecule has 0 radical (unpaired) electrons. The first-order valence-electron chi connectivity index (χ1n) is 5.89. The van der Waals surface area contributed by atoms with Crippen molar-refractivity contribution in [2.45, 2.75) is 12.6 Å². The molecular weight excluding hydrogens is 313 g/mol. The number of aromatic nitrogens is 1. The maximum absolute atomic E-state index is 13.0. The Morgan fingerprint density at radius 2 is 2.10 bits per heavy atom. The number of alkyl halides is 3. The number of likely N-dealkylation sites (tertiary alicyclic amines) is 1. The first kappa shape index (κ1) is 15.6. The van der Waals surface area contributed by atoms with Crippen molar-refractivity contribution in [3.63, 3.8) is 0 Å². The van der Waals surface area contributed by atoms with Crippen LogP contribution in [0.15, 0.2) is 18.3 Å².